The fraction of sp³-hybridized carbons (Fsp3) is 0.214. The predicted molar refractivity (Wildman–Crippen MR) is 91.5 cm³/mol. The standard InChI is InChI=1S/C14H15N5O.2ClH/c1-20-9-7-16-13-11-4-2-3-5-12(11)17-14(18-13)19-8-6-15-10-19;;/h2-6,8,10H,7,9H2,1H3,(H,16,17,18);2*1H. The molecule has 0 bridgehead atoms. The predicted octanol–water partition coefficient (Wildman–Crippen LogP) is 2.72. The monoisotopic (exact) mass is 341 g/mol. The number of nitrogens with one attached hydrogen (secondary N) is 1. The molecule has 3 rings (SSSR count). The van der Waals surface area contributed by atoms with Crippen LogP contribution < -0.4 is 5.32 Å². The zero-order valence-corrected chi connectivity index (χ0v) is 13.6. The van der Waals surface area contributed by atoms with Crippen LogP contribution in [0, 0.1) is 0 Å². The van der Waals surface area contributed by atoms with E-state index in [1.807, 2.05) is 30.5 Å². The largest absolute Gasteiger partial charge is 0.383 e. The van der Waals surface area contributed by atoms with Crippen molar-refractivity contribution in [3.05, 3.63) is 43.0 Å². The van der Waals surface area contributed by atoms with Crippen molar-refractivity contribution in [2.24, 2.45) is 0 Å². The third-order valence-corrected chi connectivity index (χ3v) is 2.93. The van der Waals surface area contributed by atoms with Crippen molar-refractivity contribution < 1.29 is 4.74 Å². The van der Waals surface area contributed by atoms with Crippen LogP contribution in [0.1, 0.15) is 0 Å². The quantitative estimate of drug-likeness (QED) is 0.723. The Balaban J connectivity index is 0.00000121. The number of ether oxygens (including phenoxy) is 1. The first kappa shape index (κ1) is 18.2. The maximum absolute atomic E-state index is 5.06. The lowest BCUT2D eigenvalue weighted by Crippen LogP contribution is -2.11. The Hall–Kier alpha value is -1.89. The summed E-state index contributed by atoms with van der Waals surface area (Å²) in [5, 5.41) is 4.27. The van der Waals surface area contributed by atoms with E-state index in [1.165, 1.54) is 0 Å². The van der Waals surface area contributed by atoms with Gasteiger partial charge in [-0.25, -0.2) is 9.97 Å². The van der Waals surface area contributed by atoms with Crippen LogP contribution in [0.4, 0.5) is 5.82 Å². The van der Waals surface area contributed by atoms with Gasteiger partial charge in [0.25, 0.3) is 0 Å². The highest BCUT2D eigenvalue weighted by Gasteiger charge is 2.08. The van der Waals surface area contributed by atoms with Crippen LogP contribution in [0.2, 0.25) is 0 Å². The summed E-state index contributed by atoms with van der Waals surface area (Å²) in [5.74, 6) is 1.40. The van der Waals surface area contributed by atoms with Crippen LogP contribution in [-0.2, 0) is 4.74 Å². The first-order chi connectivity index (χ1) is 9.88. The summed E-state index contributed by atoms with van der Waals surface area (Å²) < 4.78 is 6.84. The minimum Gasteiger partial charge on any atom is -0.383 e. The van der Waals surface area contributed by atoms with E-state index in [1.54, 1.807) is 24.2 Å². The first-order valence-electron chi connectivity index (χ1n) is 6.36. The SMILES string of the molecule is COCCNc1nc(-n2ccnc2)nc2ccccc12.Cl.Cl. The molecule has 2 aromatic heterocycles. The number of anilines is 1. The number of halogens is 2. The summed E-state index contributed by atoms with van der Waals surface area (Å²) in [6, 6.07) is 7.91. The minimum atomic E-state index is 0. The Morgan fingerprint density at radius 3 is 2.73 bits per heavy atom. The molecule has 118 valence electrons. The maximum Gasteiger partial charge on any atom is 0.237 e. The highest BCUT2D eigenvalue weighted by molar-refractivity contribution is 5.89. The molecule has 1 aromatic carbocycles. The molecule has 0 radical (unpaired) electrons. The fourth-order valence-electron chi connectivity index (χ4n) is 1.96. The molecule has 6 nitrogen and oxygen atoms in total. The average molecular weight is 342 g/mol. The number of aromatic nitrogens is 4. The summed E-state index contributed by atoms with van der Waals surface area (Å²) in [5.41, 5.74) is 0.895. The van der Waals surface area contributed by atoms with Crippen molar-refractivity contribution in [3.63, 3.8) is 0 Å². The van der Waals surface area contributed by atoms with Gasteiger partial charge in [-0.2, -0.15) is 4.98 Å². The maximum atomic E-state index is 5.06. The molecule has 0 saturated carbocycles. The summed E-state index contributed by atoms with van der Waals surface area (Å²) in [7, 11) is 1.68. The highest BCUT2D eigenvalue weighted by atomic mass is 35.5. The Labute approximate surface area is 140 Å². The van der Waals surface area contributed by atoms with Crippen molar-refractivity contribution in [1.29, 1.82) is 0 Å². The molecule has 0 aliphatic carbocycles. The molecule has 1 N–H and O–H groups in total. The van der Waals surface area contributed by atoms with E-state index in [0.29, 0.717) is 19.1 Å². The van der Waals surface area contributed by atoms with Gasteiger partial charge < -0.3 is 10.1 Å². The van der Waals surface area contributed by atoms with Gasteiger partial charge in [-0.3, -0.25) is 4.57 Å². The van der Waals surface area contributed by atoms with Crippen LogP contribution >= 0.6 is 24.8 Å². The Morgan fingerprint density at radius 2 is 2.00 bits per heavy atom. The van der Waals surface area contributed by atoms with E-state index in [9.17, 15) is 0 Å². The summed E-state index contributed by atoms with van der Waals surface area (Å²) in [6.07, 6.45) is 5.21. The Bertz CT molecular complexity index is 706. The van der Waals surface area contributed by atoms with Gasteiger partial charge in [-0.1, -0.05) is 12.1 Å². The van der Waals surface area contributed by atoms with Crippen molar-refractivity contribution in [3.8, 4) is 5.95 Å². The fourth-order valence-corrected chi connectivity index (χ4v) is 1.96. The van der Waals surface area contributed by atoms with Gasteiger partial charge in [0.1, 0.15) is 12.1 Å². The number of fused-ring (bicyclic) bond motifs is 1. The van der Waals surface area contributed by atoms with E-state index in [4.69, 9.17) is 4.74 Å². The summed E-state index contributed by atoms with van der Waals surface area (Å²) in [4.78, 5) is 13.1. The van der Waals surface area contributed by atoms with Gasteiger partial charge in [0.15, 0.2) is 0 Å². The minimum absolute atomic E-state index is 0. The number of hydrogen-bond donors (Lipinski definition) is 1. The van der Waals surface area contributed by atoms with Crippen LogP contribution in [-0.4, -0.2) is 39.8 Å². The second-order valence-electron chi connectivity index (χ2n) is 4.28. The lowest BCUT2D eigenvalue weighted by Gasteiger charge is -2.10. The van der Waals surface area contributed by atoms with Crippen LogP contribution in [0.25, 0.3) is 16.9 Å². The van der Waals surface area contributed by atoms with E-state index in [0.717, 1.165) is 16.7 Å². The molecule has 0 aliphatic rings. The number of para-hydroxylation sites is 1. The number of rotatable bonds is 5. The van der Waals surface area contributed by atoms with Crippen molar-refractivity contribution >= 4 is 41.5 Å². The number of imidazole rings is 1. The molecule has 0 amide bonds. The van der Waals surface area contributed by atoms with Gasteiger partial charge in [0, 0.05) is 31.4 Å². The molecule has 2 heterocycles. The van der Waals surface area contributed by atoms with Crippen molar-refractivity contribution in [2.75, 3.05) is 25.6 Å². The van der Waals surface area contributed by atoms with Gasteiger partial charge >= 0.3 is 0 Å². The molecular formula is C14H17Cl2N5O. The molecule has 22 heavy (non-hydrogen) atoms. The van der Waals surface area contributed by atoms with E-state index < -0.39 is 0 Å². The lowest BCUT2D eigenvalue weighted by molar-refractivity contribution is 0.210. The topological polar surface area (TPSA) is 64.9 Å². The molecule has 0 unspecified atom stereocenters. The van der Waals surface area contributed by atoms with Crippen LogP contribution in [0.15, 0.2) is 43.0 Å². The average Bonchev–Trinajstić information content (AvgIpc) is 3.01. The molecule has 3 aromatic rings. The van der Waals surface area contributed by atoms with E-state index >= 15 is 0 Å². The molecule has 0 fully saturated rings. The van der Waals surface area contributed by atoms with E-state index in [-0.39, 0.29) is 24.8 Å². The van der Waals surface area contributed by atoms with Crippen molar-refractivity contribution in [1.82, 2.24) is 19.5 Å². The van der Waals surface area contributed by atoms with Gasteiger partial charge in [-0.05, 0) is 12.1 Å². The first-order valence-corrected chi connectivity index (χ1v) is 6.36. The number of methoxy groups -OCH3 is 1. The number of benzene rings is 1. The number of nitrogens with zero attached hydrogens (tertiary/aromatic N) is 4. The molecular weight excluding hydrogens is 325 g/mol. The Kier molecular flexibility index (Phi) is 7.04. The third kappa shape index (κ3) is 3.85. The highest BCUT2D eigenvalue weighted by Crippen LogP contribution is 2.21. The molecule has 0 spiro atoms. The molecule has 0 saturated heterocycles. The normalized spacial score (nSPS) is 9.86. The smallest absolute Gasteiger partial charge is 0.237 e. The van der Waals surface area contributed by atoms with Crippen molar-refractivity contribution in [2.45, 2.75) is 0 Å². The van der Waals surface area contributed by atoms with Gasteiger partial charge in [-0.15, -0.1) is 24.8 Å². The van der Waals surface area contributed by atoms with Gasteiger partial charge in [0.2, 0.25) is 5.95 Å². The van der Waals surface area contributed by atoms with Crippen LogP contribution in [0.3, 0.4) is 0 Å². The molecule has 0 atom stereocenters. The lowest BCUT2D eigenvalue weighted by atomic mass is 10.2. The second kappa shape index (κ2) is 8.53. The second-order valence-corrected chi connectivity index (χ2v) is 4.28. The van der Waals surface area contributed by atoms with Gasteiger partial charge in [0.05, 0.1) is 12.1 Å². The molecule has 0 aliphatic heterocycles. The zero-order valence-electron chi connectivity index (χ0n) is 12.0. The third-order valence-electron chi connectivity index (χ3n) is 2.93. The summed E-state index contributed by atoms with van der Waals surface area (Å²) in [6.45, 7) is 1.32. The van der Waals surface area contributed by atoms with E-state index in [2.05, 4.69) is 20.3 Å². The summed E-state index contributed by atoms with van der Waals surface area (Å²) >= 11 is 0. The Morgan fingerprint density at radius 1 is 1.18 bits per heavy atom. The molecule has 8 heteroatoms. The zero-order chi connectivity index (χ0) is 13.8. The number of hydrogen-bond acceptors (Lipinski definition) is 5. The van der Waals surface area contributed by atoms with Crippen LogP contribution in [0.5, 0.6) is 0 Å².